The zero-order chi connectivity index (χ0) is 20.5. The van der Waals surface area contributed by atoms with E-state index in [9.17, 15) is 10.5 Å². The van der Waals surface area contributed by atoms with Crippen LogP contribution < -0.4 is 0 Å². The van der Waals surface area contributed by atoms with Crippen molar-refractivity contribution >= 4 is 40.4 Å². The Bertz CT molecular complexity index is 1350. The summed E-state index contributed by atoms with van der Waals surface area (Å²) in [6.45, 7) is 0. The maximum Gasteiger partial charge on any atom is 0.159 e. The van der Waals surface area contributed by atoms with E-state index in [0.717, 1.165) is 11.0 Å². The van der Waals surface area contributed by atoms with Crippen molar-refractivity contribution in [2.24, 2.45) is 4.99 Å². The molecule has 4 rings (SSSR count). The number of para-hydroxylation sites is 2. The molecule has 2 aromatic carbocycles. The maximum atomic E-state index is 10.1. The minimum atomic E-state index is 0.303. The van der Waals surface area contributed by atoms with Gasteiger partial charge in [0.25, 0.3) is 0 Å². The monoisotopic (exact) mass is 398 g/mol. The van der Waals surface area contributed by atoms with Crippen molar-refractivity contribution in [2.45, 2.75) is 0 Å². The van der Waals surface area contributed by atoms with Crippen molar-refractivity contribution in [3.63, 3.8) is 0 Å². The average Bonchev–Trinajstić information content (AvgIpc) is 3.11. The molecule has 2 aromatic heterocycles. The first-order valence-electron chi connectivity index (χ1n) is 8.79. The molecule has 0 spiro atoms. The minimum Gasteiger partial charge on any atom is -0.369 e. The van der Waals surface area contributed by atoms with Crippen molar-refractivity contribution in [1.82, 2.24) is 14.3 Å². The predicted molar refractivity (Wildman–Crippen MR) is 114 cm³/mol. The number of rotatable bonds is 3. The quantitative estimate of drug-likeness (QED) is 0.367. The lowest BCUT2D eigenvalue weighted by atomic mass is 9.96. The van der Waals surface area contributed by atoms with Gasteiger partial charge in [-0.2, -0.15) is 10.5 Å². The van der Waals surface area contributed by atoms with Crippen LogP contribution in [0.2, 0.25) is 5.02 Å². The lowest BCUT2D eigenvalue weighted by Crippen LogP contribution is -2.08. The molecule has 0 aliphatic rings. The van der Waals surface area contributed by atoms with Gasteiger partial charge in [-0.15, -0.1) is 0 Å². The van der Waals surface area contributed by atoms with Crippen molar-refractivity contribution in [1.29, 1.82) is 10.5 Å². The van der Waals surface area contributed by atoms with E-state index >= 15 is 0 Å². The summed E-state index contributed by atoms with van der Waals surface area (Å²) in [6, 6.07) is 19.1. The largest absolute Gasteiger partial charge is 0.369 e. The molecule has 0 atom stereocenters. The molecule has 0 radical (unpaired) electrons. The molecule has 0 saturated carbocycles. The van der Waals surface area contributed by atoms with Crippen molar-refractivity contribution in [3.8, 4) is 23.3 Å². The molecule has 7 heteroatoms. The third kappa shape index (κ3) is 3.06. The zero-order valence-electron chi connectivity index (χ0n) is 15.8. The summed E-state index contributed by atoms with van der Waals surface area (Å²) in [6.07, 6.45) is 1.63. The number of fused-ring (bicyclic) bond motifs is 3. The highest BCUT2D eigenvalue weighted by molar-refractivity contribution is 6.30. The number of benzene rings is 2. The van der Waals surface area contributed by atoms with Crippen LogP contribution in [-0.2, 0) is 0 Å². The Kier molecular flexibility index (Phi) is 4.64. The van der Waals surface area contributed by atoms with Crippen LogP contribution in [0.1, 0.15) is 11.1 Å². The molecule has 6 nitrogen and oxygen atoms in total. The first-order valence-corrected chi connectivity index (χ1v) is 9.17. The second-order valence-electron chi connectivity index (χ2n) is 6.65. The van der Waals surface area contributed by atoms with Crippen LogP contribution in [0.5, 0.6) is 0 Å². The van der Waals surface area contributed by atoms with Crippen molar-refractivity contribution in [2.75, 3.05) is 14.1 Å². The lowest BCUT2D eigenvalue weighted by Gasteiger charge is -2.13. The second-order valence-corrected chi connectivity index (χ2v) is 7.08. The van der Waals surface area contributed by atoms with Gasteiger partial charge in [0.1, 0.15) is 23.3 Å². The van der Waals surface area contributed by atoms with Crippen LogP contribution in [-0.4, -0.2) is 34.7 Å². The summed E-state index contributed by atoms with van der Waals surface area (Å²) in [5.41, 5.74) is 3.80. The summed E-state index contributed by atoms with van der Waals surface area (Å²) in [5, 5.41) is 20.6. The molecule has 0 amide bonds. The molecule has 29 heavy (non-hydrogen) atoms. The summed E-state index contributed by atoms with van der Waals surface area (Å²) < 4.78 is 1.77. The third-order valence-corrected chi connectivity index (χ3v) is 4.74. The van der Waals surface area contributed by atoms with E-state index in [4.69, 9.17) is 11.6 Å². The number of imidazole rings is 1. The van der Waals surface area contributed by atoms with Gasteiger partial charge in [0, 0.05) is 24.7 Å². The number of hydrogen-bond acceptors (Lipinski definition) is 4. The first-order chi connectivity index (χ1) is 14.0. The van der Waals surface area contributed by atoms with E-state index in [0.29, 0.717) is 38.7 Å². The van der Waals surface area contributed by atoms with Crippen LogP contribution in [0.25, 0.3) is 27.8 Å². The Morgan fingerprint density at radius 2 is 1.72 bits per heavy atom. The van der Waals surface area contributed by atoms with E-state index in [1.54, 1.807) is 39.9 Å². The number of nitrogens with zero attached hydrogens (tertiary/aromatic N) is 6. The van der Waals surface area contributed by atoms with Gasteiger partial charge in [0.2, 0.25) is 0 Å². The fourth-order valence-electron chi connectivity index (χ4n) is 3.28. The van der Waals surface area contributed by atoms with Crippen molar-refractivity contribution < 1.29 is 0 Å². The van der Waals surface area contributed by atoms with Gasteiger partial charge in [-0.25, -0.2) is 9.98 Å². The molecular weight excluding hydrogens is 384 g/mol. The highest BCUT2D eigenvalue weighted by Gasteiger charge is 2.23. The number of hydrogen-bond donors (Lipinski definition) is 0. The summed E-state index contributed by atoms with van der Waals surface area (Å²) in [4.78, 5) is 11.0. The van der Waals surface area contributed by atoms with Gasteiger partial charge in [0.15, 0.2) is 11.5 Å². The molecule has 0 aliphatic heterocycles. The van der Waals surface area contributed by atoms with E-state index in [-0.39, 0.29) is 0 Å². The Labute approximate surface area is 172 Å². The molecule has 140 valence electrons. The zero-order valence-corrected chi connectivity index (χ0v) is 16.5. The molecule has 0 aliphatic carbocycles. The SMILES string of the molecule is CN(C)/C=N/c1c(C#N)c(-c2ccc(Cl)cc2)c(C#N)c2nc3ccccc3n12. The summed E-state index contributed by atoms with van der Waals surface area (Å²) in [7, 11) is 3.70. The fraction of sp³-hybridized carbons (Fsp3) is 0.0909. The number of pyridine rings is 1. The lowest BCUT2D eigenvalue weighted by molar-refractivity contribution is 0.643. The molecule has 0 saturated heterocycles. The molecule has 0 bridgehead atoms. The van der Waals surface area contributed by atoms with Crippen LogP contribution in [0.4, 0.5) is 5.82 Å². The van der Waals surface area contributed by atoms with E-state index in [1.165, 1.54) is 0 Å². The fourth-order valence-corrected chi connectivity index (χ4v) is 3.40. The van der Waals surface area contributed by atoms with Crippen LogP contribution in [0.3, 0.4) is 0 Å². The first kappa shape index (κ1) is 18.5. The Hall–Kier alpha value is -3.87. The molecular formula is C22H15ClN6. The molecule has 2 heterocycles. The van der Waals surface area contributed by atoms with Gasteiger partial charge in [-0.1, -0.05) is 35.9 Å². The van der Waals surface area contributed by atoms with Crippen LogP contribution in [0, 0.1) is 22.7 Å². The highest BCUT2D eigenvalue weighted by atomic mass is 35.5. The van der Waals surface area contributed by atoms with Gasteiger partial charge in [-0.3, -0.25) is 4.40 Å². The minimum absolute atomic E-state index is 0.303. The van der Waals surface area contributed by atoms with Crippen molar-refractivity contribution in [3.05, 3.63) is 64.7 Å². The number of aliphatic imine (C=N–C) groups is 1. The second kappa shape index (κ2) is 7.27. The highest BCUT2D eigenvalue weighted by Crippen LogP contribution is 2.38. The Morgan fingerprint density at radius 3 is 2.38 bits per heavy atom. The predicted octanol–water partition coefficient (Wildman–Crippen LogP) is 4.77. The van der Waals surface area contributed by atoms with Gasteiger partial charge < -0.3 is 4.90 Å². The number of aromatic nitrogens is 2. The molecule has 0 fully saturated rings. The number of nitriles is 2. The van der Waals surface area contributed by atoms with E-state index in [1.807, 2.05) is 38.4 Å². The average molecular weight is 399 g/mol. The maximum absolute atomic E-state index is 10.1. The number of halogens is 1. The standard InChI is InChI=1S/C22H15ClN6/c1-28(2)13-26-21-16(11-24)20(14-7-9-15(23)10-8-14)17(12-25)22-27-18-5-3-4-6-19(18)29(21)22/h3-10,13H,1-2H3/b26-13+. The van der Waals surface area contributed by atoms with Crippen LogP contribution >= 0.6 is 11.6 Å². The molecule has 0 N–H and O–H groups in total. The summed E-state index contributed by atoms with van der Waals surface area (Å²) >= 11 is 6.04. The normalized spacial score (nSPS) is 11.1. The molecule has 4 aromatic rings. The van der Waals surface area contributed by atoms with E-state index < -0.39 is 0 Å². The summed E-state index contributed by atoms with van der Waals surface area (Å²) in [5.74, 6) is 0.425. The molecule has 0 unspecified atom stereocenters. The van der Waals surface area contributed by atoms with Gasteiger partial charge in [-0.05, 0) is 29.8 Å². The van der Waals surface area contributed by atoms with Crippen LogP contribution in [0.15, 0.2) is 53.5 Å². The third-order valence-electron chi connectivity index (χ3n) is 4.49. The Morgan fingerprint density at radius 1 is 1.03 bits per heavy atom. The smallest absolute Gasteiger partial charge is 0.159 e. The topological polar surface area (TPSA) is 80.5 Å². The Balaban J connectivity index is 2.24. The van der Waals surface area contributed by atoms with E-state index in [2.05, 4.69) is 22.1 Å². The van der Waals surface area contributed by atoms with Gasteiger partial charge in [0.05, 0.1) is 17.4 Å². The van der Waals surface area contributed by atoms with Gasteiger partial charge >= 0.3 is 0 Å².